The topological polar surface area (TPSA) is 225 Å². The first-order valence-electron chi connectivity index (χ1n) is 15.1. The molecule has 12 heteroatoms. The molecule has 0 radical (unpaired) electrons. The van der Waals surface area contributed by atoms with Crippen molar-refractivity contribution in [2.24, 2.45) is 0 Å². The van der Waals surface area contributed by atoms with Crippen molar-refractivity contribution in [3.63, 3.8) is 0 Å². The molecular formula is C40H40O12. The summed E-state index contributed by atoms with van der Waals surface area (Å²) in [7, 11) is 1.53. The summed E-state index contributed by atoms with van der Waals surface area (Å²) >= 11 is 0. The Morgan fingerprint density at radius 1 is 0.500 bits per heavy atom. The van der Waals surface area contributed by atoms with Crippen molar-refractivity contribution >= 4 is 11.6 Å². The molecule has 0 aliphatic heterocycles. The van der Waals surface area contributed by atoms with Crippen molar-refractivity contribution in [3.05, 3.63) is 158 Å². The Morgan fingerprint density at radius 2 is 0.923 bits per heavy atom. The summed E-state index contributed by atoms with van der Waals surface area (Å²) in [5, 5.41) is 78.6. The van der Waals surface area contributed by atoms with E-state index >= 15 is 0 Å². The molecule has 0 heterocycles. The Kier molecular flexibility index (Phi) is 19.6. The van der Waals surface area contributed by atoms with Crippen LogP contribution in [-0.2, 0) is 16.0 Å². The fourth-order valence-corrected chi connectivity index (χ4v) is 3.35. The first kappa shape index (κ1) is 42.7. The highest BCUT2D eigenvalue weighted by Gasteiger charge is 2.02. The number of phenols is 9. The molecule has 0 amide bonds. The Hall–Kier alpha value is -7.34. The van der Waals surface area contributed by atoms with Crippen LogP contribution < -0.4 is 4.74 Å². The van der Waals surface area contributed by atoms with E-state index < -0.39 is 5.75 Å². The van der Waals surface area contributed by atoms with Crippen molar-refractivity contribution in [1.82, 2.24) is 0 Å². The van der Waals surface area contributed by atoms with Gasteiger partial charge in [-0.1, -0.05) is 42.5 Å². The number of allylic oxidation sites excluding steroid dienone is 5. The number of phenolic OH excluding ortho intramolecular Hbond substituents is 9. The van der Waals surface area contributed by atoms with E-state index in [1.165, 1.54) is 92.1 Å². The highest BCUT2D eigenvalue weighted by molar-refractivity contribution is 6.14. The molecule has 12 nitrogen and oxygen atoms in total. The van der Waals surface area contributed by atoms with Gasteiger partial charge in [0.1, 0.15) is 28.7 Å². The van der Waals surface area contributed by atoms with Gasteiger partial charge in [0.2, 0.25) is 0 Å². The van der Waals surface area contributed by atoms with Crippen LogP contribution >= 0.6 is 0 Å². The maximum Gasteiger partial charge on any atom is 0.200 e. The average molecular weight is 713 g/mol. The van der Waals surface area contributed by atoms with Gasteiger partial charge in [0.25, 0.3) is 0 Å². The molecule has 0 bridgehead atoms. The van der Waals surface area contributed by atoms with Gasteiger partial charge in [-0.3, -0.25) is 9.59 Å². The molecular weight excluding hydrogens is 672 g/mol. The molecule has 1 aliphatic carbocycles. The summed E-state index contributed by atoms with van der Waals surface area (Å²) in [6, 6.07) is 29.5. The molecule has 0 spiro atoms. The number of benzene rings is 5. The highest BCUT2D eigenvalue weighted by atomic mass is 16.5. The lowest BCUT2D eigenvalue weighted by Gasteiger charge is -2.04. The second-order valence-corrected chi connectivity index (χ2v) is 9.99. The van der Waals surface area contributed by atoms with Gasteiger partial charge in [0.05, 0.1) is 7.11 Å². The number of ether oxygens (including phenoxy) is 1. The van der Waals surface area contributed by atoms with Gasteiger partial charge in [-0.15, -0.1) is 6.58 Å². The SMILES string of the molecule is C=CCc1ccc(O)c(OC)c1.O=C1C=CC(=O)C=C1.Oc1ccc(O)cc1.Oc1cccc(O)c1.Oc1cccc(O)c1O.Oc1ccccc1. The molecule has 0 atom stereocenters. The molecule has 0 saturated heterocycles. The predicted molar refractivity (Wildman–Crippen MR) is 196 cm³/mol. The number of para-hydroxylation sites is 2. The van der Waals surface area contributed by atoms with Gasteiger partial charge in [-0.05, 0) is 109 Å². The summed E-state index contributed by atoms with van der Waals surface area (Å²) in [5.41, 5.74) is 1.08. The molecule has 272 valence electrons. The van der Waals surface area contributed by atoms with Crippen LogP contribution in [-0.4, -0.2) is 64.6 Å². The first-order chi connectivity index (χ1) is 24.7. The maximum absolute atomic E-state index is 10.3. The quantitative estimate of drug-likeness (QED) is 0.0409. The summed E-state index contributed by atoms with van der Waals surface area (Å²) < 4.78 is 4.95. The number of hydrogen-bond donors (Lipinski definition) is 9. The minimum Gasteiger partial charge on any atom is -0.508 e. The summed E-state index contributed by atoms with van der Waals surface area (Å²) in [6.45, 7) is 3.63. The number of aromatic hydroxyl groups is 9. The number of rotatable bonds is 3. The van der Waals surface area contributed by atoms with E-state index in [0.717, 1.165) is 12.0 Å². The summed E-state index contributed by atoms with van der Waals surface area (Å²) in [6.07, 6.45) is 7.61. The van der Waals surface area contributed by atoms with E-state index in [2.05, 4.69) is 6.58 Å². The molecule has 6 rings (SSSR count). The first-order valence-corrected chi connectivity index (χ1v) is 15.1. The Labute approximate surface area is 300 Å². The van der Waals surface area contributed by atoms with Crippen molar-refractivity contribution in [2.45, 2.75) is 6.42 Å². The smallest absolute Gasteiger partial charge is 0.200 e. The van der Waals surface area contributed by atoms with Crippen LogP contribution in [0, 0.1) is 0 Å². The maximum atomic E-state index is 10.3. The van der Waals surface area contributed by atoms with E-state index in [1.54, 1.807) is 42.5 Å². The second kappa shape index (κ2) is 23.9. The summed E-state index contributed by atoms with van der Waals surface area (Å²) in [4.78, 5) is 20.6. The van der Waals surface area contributed by atoms with Gasteiger partial charge in [-0.2, -0.15) is 0 Å². The second-order valence-electron chi connectivity index (χ2n) is 9.99. The molecule has 5 aromatic rings. The van der Waals surface area contributed by atoms with E-state index in [1.807, 2.05) is 18.2 Å². The van der Waals surface area contributed by atoms with Crippen LogP contribution in [0.25, 0.3) is 0 Å². The number of carbonyl (C=O) groups is 2. The molecule has 0 aromatic heterocycles. The van der Waals surface area contributed by atoms with Gasteiger partial charge in [0.15, 0.2) is 40.3 Å². The summed E-state index contributed by atoms with van der Waals surface area (Å²) in [5.74, 6) is 0.180. The Bertz CT molecular complexity index is 1790. The number of hydrogen-bond acceptors (Lipinski definition) is 12. The average Bonchev–Trinajstić information content (AvgIpc) is 3.12. The minimum absolute atomic E-state index is 0.0880. The van der Waals surface area contributed by atoms with Crippen molar-refractivity contribution in [1.29, 1.82) is 0 Å². The lowest BCUT2D eigenvalue weighted by molar-refractivity contribution is -0.113. The standard InChI is InChI=1S/C10H12O2.C6H6O3.C6H6O2.C6H4O2.C6H6O2.C6H6O/c1-3-4-8-5-6-9(11)10(7-8)12-2;7-4-2-1-3-5(8)6(4)9;2*7-5-1-2-6(8)4-3-5;7-5-2-1-3-6(8)4-5;7-6-4-2-1-3-5-6/h3,5-7,11H,1,4H2,2H3;1-3,7-9H;1-4,7-8H;1-4H;1-4,7-8H;1-5,7H. The Balaban J connectivity index is 0.000000315. The molecule has 52 heavy (non-hydrogen) atoms. The lowest BCUT2D eigenvalue weighted by Crippen LogP contribution is -1.97. The zero-order valence-electron chi connectivity index (χ0n) is 28.0. The predicted octanol–water partition coefficient (Wildman–Crippen LogP) is 6.77. The van der Waals surface area contributed by atoms with Crippen LogP contribution in [0.3, 0.4) is 0 Å². The van der Waals surface area contributed by atoms with Crippen molar-refractivity contribution in [3.8, 4) is 57.5 Å². The number of carbonyl (C=O) groups excluding carboxylic acids is 2. The van der Waals surface area contributed by atoms with E-state index in [-0.39, 0.29) is 51.8 Å². The van der Waals surface area contributed by atoms with Gasteiger partial charge in [0, 0.05) is 6.07 Å². The minimum atomic E-state index is -0.475. The van der Waals surface area contributed by atoms with Crippen molar-refractivity contribution in [2.75, 3.05) is 7.11 Å². The van der Waals surface area contributed by atoms with Crippen LogP contribution in [0.1, 0.15) is 5.56 Å². The molecule has 5 aromatic carbocycles. The molecule has 1 aliphatic rings. The molecule has 0 saturated carbocycles. The van der Waals surface area contributed by atoms with Gasteiger partial charge >= 0.3 is 0 Å². The highest BCUT2D eigenvalue weighted by Crippen LogP contribution is 2.32. The van der Waals surface area contributed by atoms with Crippen LogP contribution in [0.15, 0.2) is 152 Å². The van der Waals surface area contributed by atoms with E-state index in [0.29, 0.717) is 11.5 Å². The van der Waals surface area contributed by atoms with Gasteiger partial charge < -0.3 is 50.7 Å². The molecule has 0 unspecified atom stereocenters. The van der Waals surface area contributed by atoms with Crippen LogP contribution in [0.5, 0.6) is 57.5 Å². The normalized spacial score (nSPS) is 10.4. The third-order valence-corrected chi connectivity index (χ3v) is 5.88. The van der Waals surface area contributed by atoms with E-state index in [4.69, 9.17) is 45.6 Å². The number of methoxy groups -OCH3 is 1. The lowest BCUT2D eigenvalue weighted by atomic mass is 10.1. The molecule has 9 N–H and O–H groups in total. The zero-order chi connectivity index (χ0) is 38.9. The zero-order valence-corrected chi connectivity index (χ0v) is 28.0. The monoisotopic (exact) mass is 712 g/mol. The number of ketones is 2. The van der Waals surface area contributed by atoms with E-state index in [9.17, 15) is 14.7 Å². The Morgan fingerprint density at radius 3 is 1.27 bits per heavy atom. The third kappa shape index (κ3) is 18.9. The largest absolute Gasteiger partial charge is 0.508 e. The molecule has 0 fully saturated rings. The van der Waals surface area contributed by atoms with Crippen molar-refractivity contribution < 1.29 is 60.3 Å². The third-order valence-electron chi connectivity index (χ3n) is 5.88. The fraction of sp³-hybridized carbons (Fsp3) is 0.0500. The fourth-order valence-electron chi connectivity index (χ4n) is 3.35. The van der Waals surface area contributed by atoms with Crippen LogP contribution in [0.4, 0.5) is 0 Å². The van der Waals surface area contributed by atoms with Gasteiger partial charge in [-0.25, -0.2) is 0 Å². The van der Waals surface area contributed by atoms with Crippen LogP contribution in [0.2, 0.25) is 0 Å².